The highest BCUT2D eigenvalue weighted by molar-refractivity contribution is 6.28. The van der Waals surface area contributed by atoms with E-state index in [-0.39, 0.29) is 11.4 Å². The van der Waals surface area contributed by atoms with Gasteiger partial charge in [0.05, 0.1) is 12.2 Å². The van der Waals surface area contributed by atoms with Crippen LogP contribution in [-0.2, 0) is 24.1 Å². The Hall–Kier alpha value is -2.41. The Kier molecular flexibility index (Phi) is 5.79. The molecule has 144 valence electrons. The van der Waals surface area contributed by atoms with Crippen LogP contribution in [0.5, 0.6) is 0 Å². The second kappa shape index (κ2) is 8.08. The maximum atomic E-state index is 12.4. The Labute approximate surface area is 164 Å². The highest BCUT2D eigenvalue weighted by atomic mass is 35.5. The molecule has 0 aliphatic carbocycles. The number of rotatable bonds is 4. The number of fused-ring (bicyclic) bond motifs is 1. The average Bonchev–Trinajstić information content (AvgIpc) is 2.60. The fourth-order valence-electron chi connectivity index (χ4n) is 2.87. The molecule has 1 amide bonds. The van der Waals surface area contributed by atoms with E-state index < -0.39 is 5.60 Å². The van der Waals surface area contributed by atoms with E-state index in [0.29, 0.717) is 31.9 Å². The molecule has 3 rings (SSSR count). The molecule has 0 fully saturated rings. The van der Waals surface area contributed by atoms with Crippen molar-refractivity contribution in [1.29, 1.82) is 0 Å². The zero-order valence-electron chi connectivity index (χ0n) is 15.8. The molecule has 1 aliphatic heterocycles. The second-order valence-electron chi connectivity index (χ2n) is 7.42. The molecule has 0 bridgehead atoms. The maximum absolute atomic E-state index is 12.4. The number of aromatic nitrogens is 3. The van der Waals surface area contributed by atoms with Crippen LogP contribution in [0.1, 0.15) is 37.7 Å². The van der Waals surface area contributed by atoms with Crippen LogP contribution in [0.4, 0.5) is 10.6 Å². The normalized spacial score (nSPS) is 13.9. The van der Waals surface area contributed by atoms with E-state index in [1.807, 2.05) is 39.0 Å². The number of ether oxygens (including phenoxy) is 1. The maximum Gasteiger partial charge on any atom is 0.410 e. The van der Waals surface area contributed by atoms with Gasteiger partial charge < -0.3 is 15.0 Å². The van der Waals surface area contributed by atoms with Gasteiger partial charge in [0.2, 0.25) is 5.28 Å². The summed E-state index contributed by atoms with van der Waals surface area (Å²) >= 11 is 6.08. The summed E-state index contributed by atoms with van der Waals surface area (Å²) in [5.74, 6) is 0.661. The molecular formula is C19H24ClN5O2. The summed E-state index contributed by atoms with van der Waals surface area (Å²) in [5.41, 5.74) is 2.22. The Morgan fingerprint density at radius 2 is 2.15 bits per heavy atom. The lowest BCUT2D eigenvalue weighted by Crippen LogP contribution is -2.40. The van der Waals surface area contributed by atoms with Crippen LogP contribution >= 0.6 is 11.6 Å². The molecule has 1 aliphatic rings. The fraction of sp³-hybridized carbons (Fsp3) is 0.474. The Balaban J connectivity index is 1.71. The highest BCUT2D eigenvalue weighted by Crippen LogP contribution is 2.26. The van der Waals surface area contributed by atoms with Crippen LogP contribution in [0.25, 0.3) is 0 Å². The molecule has 1 N–H and O–H groups in total. The number of nitrogens with zero attached hydrogens (tertiary/aromatic N) is 4. The van der Waals surface area contributed by atoms with Crippen molar-refractivity contribution in [3.05, 3.63) is 46.6 Å². The van der Waals surface area contributed by atoms with Gasteiger partial charge in [0.15, 0.2) is 0 Å². The molecule has 0 aromatic carbocycles. The quantitative estimate of drug-likeness (QED) is 0.806. The molecule has 8 heteroatoms. The van der Waals surface area contributed by atoms with Crippen molar-refractivity contribution in [2.45, 2.75) is 45.8 Å². The molecule has 0 saturated carbocycles. The minimum atomic E-state index is -0.530. The zero-order chi connectivity index (χ0) is 19.4. The average molecular weight is 390 g/mol. The number of hydrogen-bond acceptors (Lipinski definition) is 6. The number of hydrogen-bond donors (Lipinski definition) is 1. The van der Waals surface area contributed by atoms with Gasteiger partial charge in [0.1, 0.15) is 11.4 Å². The molecule has 27 heavy (non-hydrogen) atoms. The van der Waals surface area contributed by atoms with E-state index in [2.05, 4.69) is 20.3 Å². The smallest absolute Gasteiger partial charge is 0.410 e. The van der Waals surface area contributed by atoms with Crippen molar-refractivity contribution in [2.24, 2.45) is 0 Å². The summed E-state index contributed by atoms with van der Waals surface area (Å²) in [5, 5.41) is 3.52. The predicted octanol–water partition coefficient (Wildman–Crippen LogP) is 3.47. The van der Waals surface area contributed by atoms with Gasteiger partial charge in [-0.3, -0.25) is 4.98 Å². The number of amides is 1. The first-order valence-electron chi connectivity index (χ1n) is 8.99. The number of nitrogens with one attached hydrogen (secondary N) is 1. The SMILES string of the molecule is CC(C)(C)OC(=O)N1CCc2nc(Cl)nc(NCCc3ccccn3)c2C1. The van der Waals surface area contributed by atoms with E-state index >= 15 is 0 Å². The van der Waals surface area contributed by atoms with Gasteiger partial charge in [-0.05, 0) is 44.5 Å². The van der Waals surface area contributed by atoms with Crippen molar-refractivity contribution in [3.8, 4) is 0 Å². The lowest BCUT2D eigenvalue weighted by Gasteiger charge is -2.31. The molecule has 7 nitrogen and oxygen atoms in total. The molecule has 0 unspecified atom stereocenters. The topological polar surface area (TPSA) is 80.2 Å². The van der Waals surface area contributed by atoms with E-state index in [1.165, 1.54) is 0 Å². The van der Waals surface area contributed by atoms with Crippen LogP contribution in [0, 0.1) is 0 Å². The second-order valence-corrected chi connectivity index (χ2v) is 7.75. The van der Waals surface area contributed by atoms with Gasteiger partial charge in [-0.25, -0.2) is 14.8 Å². The first-order valence-corrected chi connectivity index (χ1v) is 9.36. The summed E-state index contributed by atoms with van der Waals surface area (Å²) in [4.78, 5) is 27.1. The van der Waals surface area contributed by atoms with E-state index in [9.17, 15) is 4.79 Å². The van der Waals surface area contributed by atoms with Crippen LogP contribution in [0.2, 0.25) is 5.28 Å². The summed E-state index contributed by atoms with van der Waals surface area (Å²) in [7, 11) is 0. The lowest BCUT2D eigenvalue weighted by atomic mass is 10.1. The third-order valence-electron chi connectivity index (χ3n) is 4.08. The Morgan fingerprint density at radius 3 is 2.85 bits per heavy atom. The number of pyridine rings is 1. The summed E-state index contributed by atoms with van der Waals surface area (Å²) in [6.45, 7) is 7.17. The molecule has 2 aromatic heterocycles. The van der Waals surface area contributed by atoms with Gasteiger partial charge in [0, 0.05) is 43.4 Å². The number of carbonyl (C=O) groups is 1. The predicted molar refractivity (Wildman–Crippen MR) is 104 cm³/mol. The number of anilines is 1. The monoisotopic (exact) mass is 389 g/mol. The van der Waals surface area contributed by atoms with Gasteiger partial charge in [-0.2, -0.15) is 0 Å². The lowest BCUT2D eigenvalue weighted by molar-refractivity contribution is 0.0223. The Bertz CT molecular complexity index is 808. The van der Waals surface area contributed by atoms with Crippen LogP contribution in [0.15, 0.2) is 24.4 Å². The summed E-state index contributed by atoms with van der Waals surface area (Å²) in [6, 6.07) is 5.83. The van der Waals surface area contributed by atoms with Crippen molar-refractivity contribution in [1.82, 2.24) is 19.9 Å². The summed E-state index contributed by atoms with van der Waals surface area (Å²) in [6.07, 6.45) is 2.82. The largest absolute Gasteiger partial charge is 0.444 e. The molecule has 2 aromatic rings. The number of halogens is 1. The zero-order valence-corrected chi connectivity index (χ0v) is 16.6. The van der Waals surface area contributed by atoms with E-state index in [0.717, 1.165) is 23.4 Å². The third-order valence-corrected chi connectivity index (χ3v) is 4.25. The van der Waals surface area contributed by atoms with Crippen LogP contribution in [-0.4, -0.2) is 44.6 Å². The molecule has 0 radical (unpaired) electrons. The molecule has 0 spiro atoms. The fourth-order valence-corrected chi connectivity index (χ4v) is 3.05. The third kappa shape index (κ3) is 5.29. The van der Waals surface area contributed by atoms with Crippen molar-refractivity contribution < 1.29 is 9.53 Å². The molecule has 0 atom stereocenters. The molecule has 0 saturated heterocycles. The van der Waals surface area contributed by atoms with Gasteiger partial charge in [0.25, 0.3) is 0 Å². The van der Waals surface area contributed by atoms with E-state index in [4.69, 9.17) is 16.3 Å². The van der Waals surface area contributed by atoms with Crippen LogP contribution in [0.3, 0.4) is 0 Å². The van der Waals surface area contributed by atoms with Gasteiger partial charge in [-0.15, -0.1) is 0 Å². The van der Waals surface area contributed by atoms with Gasteiger partial charge >= 0.3 is 6.09 Å². The standard InChI is InChI=1S/C19H24ClN5O2/c1-19(2,3)27-18(26)25-11-8-15-14(12-25)16(24-17(20)23-15)22-10-7-13-6-4-5-9-21-13/h4-6,9H,7-8,10-12H2,1-3H3,(H,22,23,24). The first kappa shape index (κ1) is 19.4. The van der Waals surface area contributed by atoms with Crippen molar-refractivity contribution in [2.75, 3.05) is 18.4 Å². The molecular weight excluding hydrogens is 366 g/mol. The summed E-state index contributed by atoms with van der Waals surface area (Å²) < 4.78 is 5.49. The minimum Gasteiger partial charge on any atom is -0.444 e. The van der Waals surface area contributed by atoms with Crippen molar-refractivity contribution in [3.63, 3.8) is 0 Å². The minimum absolute atomic E-state index is 0.208. The van der Waals surface area contributed by atoms with Crippen molar-refractivity contribution >= 4 is 23.5 Å². The Morgan fingerprint density at radius 1 is 1.33 bits per heavy atom. The number of carbonyl (C=O) groups excluding carboxylic acids is 1. The highest BCUT2D eigenvalue weighted by Gasteiger charge is 2.28. The van der Waals surface area contributed by atoms with Gasteiger partial charge in [-0.1, -0.05) is 6.07 Å². The first-order chi connectivity index (χ1) is 12.8. The van der Waals surface area contributed by atoms with E-state index in [1.54, 1.807) is 11.1 Å². The molecule has 3 heterocycles. The van der Waals surface area contributed by atoms with Crippen LogP contribution < -0.4 is 5.32 Å².